The minimum Gasteiger partial charge on any atom is -0.480 e. The summed E-state index contributed by atoms with van der Waals surface area (Å²) in [6, 6.07) is 3.71. The molecule has 0 aliphatic heterocycles. The number of aromatic nitrogens is 1. The SMILES string of the molecule is O=C(O)CNCc1cccnc1. The molecule has 1 rings (SSSR count). The van der Waals surface area contributed by atoms with Gasteiger partial charge in [-0.3, -0.25) is 9.78 Å². The molecular formula is C8H10N2O2. The molecule has 2 N–H and O–H groups in total. The second-order valence-electron chi connectivity index (χ2n) is 2.36. The van der Waals surface area contributed by atoms with Gasteiger partial charge in [-0.05, 0) is 11.6 Å². The molecule has 0 spiro atoms. The van der Waals surface area contributed by atoms with Gasteiger partial charge in [-0.2, -0.15) is 0 Å². The first-order valence-electron chi connectivity index (χ1n) is 3.60. The van der Waals surface area contributed by atoms with E-state index in [4.69, 9.17) is 5.11 Å². The number of carboxylic acids is 1. The number of aliphatic carboxylic acids is 1. The van der Waals surface area contributed by atoms with Crippen LogP contribution in [0.5, 0.6) is 0 Å². The molecule has 0 aromatic carbocycles. The lowest BCUT2D eigenvalue weighted by Crippen LogP contribution is -2.21. The van der Waals surface area contributed by atoms with E-state index in [0.717, 1.165) is 5.56 Å². The number of hydrogen-bond acceptors (Lipinski definition) is 3. The lowest BCUT2D eigenvalue weighted by Gasteiger charge is -1.99. The van der Waals surface area contributed by atoms with Crippen LogP contribution in [0.2, 0.25) is 0 Å². The molecule has 0 saturated carbocycles. The van der Waals surface area contributed by atoms with Crippen molar-refractivity contribution >= 4 is 5.97 Å². The summed E-state index contributed by atoms with van der Waals surface area (Å²) < 4.78 is 0. The quantitative estimate of drug-likeness (QED) is 0.673. The number of nitrogens with zero attached hydrogens (tertiary/aromatic N) is 1. The Labute approximate surface area is 70.3 Å². The molecule has 4 nitrogen and oxygen atoms in total. The molecule has 64 valence electrons. The van der Waals surface area contributed by atoms with Crippen LogP contribution in [-0.4, -0.2) is 22.6 Å². The van der Waals surface area contributed by atoms with Crippen molar-refractivity contribution in [3.63, 3.8) is 0 Å². The Morgan fingerprint density at radius 2 is 2.50 bits per heavy atom. The van der Waals surface area contributed by atoms with E-state index in [1.807, 2.05) is 12.1 Å². The Morgan fingerprint density at radius 3 is 3.08 bits per heavy atom. The van der Waals surface area contributed by atoms with Crippen LogP contribution in [0.25, 0.3) is 0 Å². The molecule has 0 radical (unpaired) electrons. The van der Waals surface area contributed by atoms with Gasteiger partial charge in [0.2, 0.25) is 0 Å². The van der Waals surface area contributed by atoms with Crippen molar-refractivity contribution in [3.05, 3.63) is 30.1 Å². The average molecular weight is 166 g/mol. The molecule has 12 heavy (non-hydrogen) atoms. The molecule has 0 bridgehead atoms. The highest BCUT2D eigenvalue weighted by atomic mass is 16.4. The highest BCUT2D eigenvalue weighted by molar-refractivity contribution is 5.68. The smallest absolute Gasteiger partial charge is 0.317 e. The van der Waals surface area contributed by atoms with Crippen LogP contribution in [0.3, 0.4) is 0 Å². The Hall–Kier alpha value is -1.42. The molecule has 0 fully saturated rings. The summed E-state index contributed by atoms with van der Waals surface area (Å²) in [5.74, 6) is -0.848. The van der Waals surface area contributed by atoms with Crippen molar-refractivity contribution in [1.82, 2.24) is 10.3 Å². The first kappa shape index (κ1) is 8.67. The standard InChI is InChI=1S/C8H10N2O2/c11-8(12)6-10-5-7-2-1-3-9-4-7/h1-4,10H,5-6H2,(H,11,12). The first-order valence-corrected chi connectivity index (χ1v) is 3.60. The number of rotatable bonds is 4. The van der Waals surface area contributed by atoms with Gasteiger partial charge in [-0.1, -0.05) is 6.07 Å². The molecule has 0 amide bonds. The molecule has 0 unspecified atom stereocenters. The van der Waals surface area contributed by atoms with E-state index < -0.39 is 5.97 Å². The average Bonchev–Trinajstić information content (AvgIpc) is 2.05. The minimum absolute atomic E-state index is 0.0190. The fourth-order valence-corrected chi connectivity index (χ4v) is 0.816. The van der Waals surface area contributed by atoms with E-state index in [1.165, 1.54) is 0 Å². The maximum absolute atomic E-state index is 10.1. The molecule has 1 heterocycles. The molecule has 0 saturated heterocycles. The van der Waals surface area contributed by atoms with Gasteiger partial charge in [0.25, 0.3) is 0 Å². The van der Waals surface area contributed by atoms with Crippen molar-refractivity contribution in [2.75, 3.05) is 6.54 Å². The van der Waals surface area contributed by atoms with Crippen LogP contribution in [-0.2, 0) is 11.3 Å². The Morgan fingerprint density at radius 1 is 1.67 bits per heavy atom. The zero-order chi connectivity index (χ0) is 8.81. The van der Waals surface area contributed by atoms with Gasteiger partial charge in [0.1, 0.15) is 0 Å². The number of carboxylic acid groups (broad SMARTS) is 1. The zero-order valence-corrected chi connectivity index (χ0v) is 6.53. The molecule has 1 aromatic heterocycles. The Balaban J connectivity index is 2.29. The van der Waals surface area contributed by atoms with E-state index in [9.17, 15) is 4.79 Å². The molecular weight excluding hydrogens is 156 g/mol. The third-order valence-corrected chi connectivity index (χ3v) is 1.33. The van der Waals surface area contributed by atoms with Crippen molar-refractivity contribution in [2.24, 2.45) is 0 Å². The maximum atomic E-state index is 10.1. The van der Waals surface area contributed by atoms with Gasteiger partial charge in [0.15, 0.2) is 0 Å². The molecule has 0 aliphatic rings. The van der Waals surface area contributed by atoms with E-state index >= 15 is 0 Å². The molecule has 0 aliphatic carbocycles. The van der Waals surface area contributed by atoms with E-state index in [2.05, 4.69) is 10.3 Å². The van der Waals surface area contributed by atoms with Crippen molar-refractivity contribution in [3.8, 4) is 0 Å². The molecule has 0 atom stereocenters. The second-order valence-corrected chi connectivity index (χ2v) is 2.36. The normalized spacial score (nSPS) is 9.67. The molecule has 4 heteroatoms. The fraction of sp³-hybridized carbons (Fsp3) is 0.250. The van der Waals surface area contributed by atoms with Gasteiger partial charge >= 0.3 is 5.97 Å². The number of carbonyl (C=O) groups is 1. The number of nitrogens with one attached hydrogen (secondary N) is 1. The van der Waals surface area contributed by atoms with E-state index in [-0.39, 0.29) is 6.54 Å². The summed E-state index contributed by atoms with van der Waals surface area (Å²) in [5, 5.41) is 11.1. The van der Waals surface area contributed by atoms with E-state index in [1.54, 1.807) is 12.4 Å². The van der Waals surface area contributed by atoms with Crippen LogP contribution >= 0.6 is 0 Å². The van der Waals surface area contributed by atoms with Crippen molar-refractivity contribution in [1.29, 1.82) is 0 Å². The fourth-order valence-electron chi connectivity index (χ4n) is 0.816. The summed E-state index contributed by atoms with van der Waals surface area (Å²) in [6.07, 6.45) is 3.38. The summed E-state index contributed by atoms with van der Waals surface area (Å²) in [5.41, 5.74) is 0.985. The summed E-state index contributed by atoms with van der Waals surface area (Å²) in [6.45, 7) is 0.523. The third-order valence-electron chi connectivity index (χ3n) is 1.33. The zero-order valence-electron chi connectivity index (χ0n) is 6.53. The topological polar surface area (TPSA) is 62.2 Å². The first-order chi connectivity index (χ1) is 5.79. The highest BCUT2D eigenvalue weighted by Crippen LogP contribution is 1.93. The summed E-state index contributed by atoms with van der Waals surface area (Å²) >= 11 is 0. The van der Waals surface area contributed by atoms with Crippen LogP contribution in [0.15, 0.2) is 24.5 Å². The minimum atomic E-state index is -0.848. The van der Waals surface area contributed by atoms with Crippen LogP contribution in [0, 0.1) is 0 Å². The van der Waals surface area contributed by atoms with E-state index in [0.29, 0.717) is 6.54 Å². The Kier molecular flexibility index (Phi) is 3.22. The number of pyridine rings is 1. The lowest BCUT2D eigenvalue weighted by molar-refractivity contribution is -0.135. The van der Waals surface area contributed by atoms with Gasteiger partial charge < -0.3 is 10.4 Å². The Bertz CT molecular complexity index is 248. The van der Waals surface area contributed by atoms with Crippen molar-refractivity contribution < 1.29 is 9.90 Å². The van der Waals surface area contributed by atoms with Gasteiger partial charge in [-0.15, -0.1) is 0 Å². The molecule has 1 aromatic rings. The predicted molar refractivity (Wildman–Crippen MR) is 43.6 cm³/mol. The maximum Gasteiger partial charge on any atom is 0.317 e. The summed E-state index contributed by atoms with van der Waals surface area (Å²) in [4.78, 5) is 14.0. The van der Waals surface area contributed by atoms with Crippen LogP contribution in [0.1, 0.15) is 5.56 Å². The van der Waals surface area contributed by atoms with Crippen LogP contribution < -0.4 is 5.32 Å². The summed E-state index contributed by atoms with van der Waals surface area (Å²) in [7, 11) is 0. The highest BCUT2D eigenvalue weighted by Gasteiger charge is 1.95. The third kappa shape index (κ3) is 3.12. The lowest BCUT2D eigenvalue weighted by atomic mass is 10.3. The van der Waals surface area contributed by atoms with Crippen LogP contribution in [0.4, 0.5) is 0 Å². The van der Waals surface area contributed by atoms with Crippen molar-refractivity contribution in [2.45, 2.75) is 6.54 Å². The predicted octanol–water partition coefficient (Wildman–Crippen LogP) is 0.256. The monoisotopic (exact) mass is 166 g/mol. The number of hydrogen-bond donors (Lipinski definition) is 2. The van der Waals surface area contributed by atoms with Gasteiger partial charge in [0, 0.05) is 18.9 Å². The van der Waals surface area contributed by atoms with Gasteiger partial charge in [-0.25, -0.2) is 0 Å². The second kappa shape index (κ2) is 4.46. The van der Waals surface area contributed by atoms with Gasteiger partial charge in [0.05, 0.1) is 6.54 Å². The largest absolute Gasteiger partial charge is 0.480 e.